The second kappa shape index (κ2) is 8.62. The summed E-state index contributed by atoms with van der Waals surface area (Å²) < 4.78 is 0. The molecular formula is C3H5AuCaN3O3Zn. The van der Waals surface area contributed by atoms with Gasteiger partial charge in [-0.2, -0.15) is 0 Å². The predicted octanol–water partition coefficient (Wildman–Crippen LogP) is -3.17. The minimum atomic E-state index is -0.802. The van der Waals surface area contributed by atoms with Crippen molar-refractivity contribution in [3.8, 4) is 0 Å². The van der Waals surface area contributed by atoms with Gasteiger partial charge >= 0.3 is 54.8 Å². The van der Waals surface area contributed by atoms with E-state index in [4.69, 9.17) is 0 Å². The summed E-state index contributed by atoms with van der Waals surface area (Å²) >= 11 is 0. The predicted molar refractivity (Wildman–Crippen MR) is 36.8 cm³/mol. The number of aromatic amines is 3. The summed E-state index contributed by atoms with van der Waals surface area (Å²) in [5.74, 6) is 0. The zero-order valence-corrected chi connectivity index (χ0v) is 10.4. The number of hydrogen-bond donors (Lipinski definition) is 3. The maximum absolute atomic E-state index is 10.2. The summed E-state index contributed by atoms with van der Waals surface area (Å²) in [6.45, 7) is 0. The van der Waals surface area contributed by atoms with Gasteiger partial charge in [0.1, 0.15) is 0 Å². The van der Waals surface area contributed by atoms with Gasteiger partial charge in [0.15, 0.2) is 0 Å². The summed E-state index contributed by atoms with van der Waals surface area (Å²) in [6.07, 6.45) is 0. The van der Waals surface area contributed by atoms with Crippen LogP contribution in [0.3, 0.4) is 0 Å². The average Bonchev–Trinajstić information content (AvgIpc) is 1.59. The molecule has 0 aliphatic heterocycles. The molecule has 1 aromatic rings. The maximum atomic E-state index is 10.2. The van der Waals surface area contributed by atoms with Crippen LogP contribution in [0.1, 0.15) is 0 Å². The number of rotatable bonds is 0. The van der Waals surface area contributed by atoms with E-state index in [1.54, 1.807) is 15.0 Å². The van der Waals surface area contributed by atoms with E-state index in [0.29, 0.717) is 0 Å². The molecule has 0 amide bonds. The third-order valence-electron chi connectivity index (χ3n) is 0.681. The van der Waals surface area contributed by atoms with E-state index in [-0.39, 0.29) is 79.6 Å². The first-order valence-corrected chi connectivity index (χ1v) is 2.11. The van der Waals surface area contributed by atoms with Crippen LogP contribution in [0.25, 0.3) is 0 Å². The summed E-state index contributed by atoms with van der Waals surface area (Å²) in [6, 6.07) is 0. The average molecular weight is 434 g/mol. The minimum absolute atomic E-state index is 0. The number of nitrogens with one attached hydrogen (secondary N) is 3. The fourth-order valence-corrected chi connectivity index (χ4v) is 0.403. The third kappa shape index (κ3) is 6.54. The summed E-state index contributed by atoms with van der Waals surface area (Å²) in [5.41, 5.74) is -2.41. The maximum Gasteiger partial charge on any atom is 0 e. The van der Waals surface area contributed by atoms with E-state index in [1.165, 1.54) is 0 Å². The van der Waals surface area contributed by atoms with Crippen molar-refractivity contribution in [1.29, 1.82) is 0 Å². The van der Waals surface area contributed by atoms with Crippen molar-refractivity contribution >= 4 is 37.7 Å². The van der Waals surface area contributed by atoms with Gasteiger partial charge in [-0.1, -0.05) is 0 Å². The first-order chi connectivity index (χ1) is 4.18. The van der Waals surface area contributed by atoms with Crippen LogP contribution in [-0.4, -0.2) is 52.7 Å². The molecule has 0 saturated heterocycles. The van der Waals surface area contributed by atoms with Crippen LogP contribution >= 0.6 is 0 Å². The topological polar surface area (TPSA) is 98.6 Å². The number of hydrogen-bond acceptors (Lipinski definition) is 3. The fraction of sp³-hybridized carbons (Fsp3) is 0. The molecule has 3 N–H and O–H groups in total. The van der Waals surface area contributed by atoms with Crippen LogP contribution in [-0.2, 0) is 41.9 Å². The van der Waals surface area contributed by atoms with Gasteiger partial charge in [0.05, 0.1) is 0 Å². The molecule has 0 aliphatic rings. The largest absolute Gasteiger partial charge is 0 e. The molecule has 0 saturated carbocycles. The SMILES string of the molecule is O=c1[nH]c(=O)[nH]c(=O)[nH]1.[Au].[CaH2].[Zn]. The van der Waals surface area contributed by atoms with E-state index in [9.17, 15) is 14.4 Å². The van der Waals surface area contributed by atoms with Gasteiger partial charge in [0.2, 0.25) is 0 Å². The molecule has 12 heavy (non-hydrogen) atoms. The van der Waals surface area contributed by atoms with Gasteiger partial charge in [-0.15, -0.1) is 0 Å². The van der Waals surface area contributed by atoms with Crippen molar-refractivity contribution in [3.63, 3.8) is 0 Å². The molecule has 0 aromatic carbocycles. The molecule has 1 radical (unpaired) electrons. The fourth-order valence-electron chi connectivity index (χ4n) is 0.403. The Bertz CT molecular complexity index is 291. The molecule has 0 bridgehead atoms. The molecule has 0 spiro atoms. The normalized spacial score (nSPS) is 7.00. The van der Waals surface area contributed by atoms with Crippen LogP contribution in [0.15, 0.2) is 14.4 Å². The molecular weight excluding hydrogens is 428 g/mol. The Balaban J connectivity index is -0.000000270. The van der Waals surface area contributed by atoms with Crippen LogP contribution < -0.4 is 17.1 Å². The molecule has 0 aliphatic carbocycles. The molecule has 1 rings (SSSR count). The molecule has 9 heteroatoms. The van der Waals surface area contributed by atoms with E-state index < -0.39 is 17.1 Å². The summed E-state index contributed by atoms with van der Waals surface area (Å²) in [5, 5.41) is 0. The molecule has 1 heterocycles. The summed E-state index contributed by atoms with van der Waals surface area (Å²) in [7, 11) is 0. The second-order valence-electron chi connectivity index (χ2n) is 1.36. The third-order valence-corrected chi connectivity index (χ3v) is 0.681. The number of aromatic nitrogens is 3. The molecule has 0 atom stereocenters. The Morgan fingerprint density at radius 2 is 0.917 bits per heavy atom. The van der Waals surface area contributed by atoms with Crippen molar-refractivity contribution in [1.82, 2.24) is 15.0 Å². The van der Waals surface area contributed by atoms with Crippen molar-refractivity contribution < 1.29 is 41.9 Å². The van der Waals surface area contributed by atoms with E-state index in [2.05, 4.69) is 0 Å². The molecule has 65 valence electrons. The van der Waals surface area contributed by atoms with Crippen LogP contribution in [0, 0.1) is 0 Å². The first kappa shape index (κ1) is 18.7. The van der Waals surface area contributed by atoms with Gasteiger partial charge in [-0.3, -0.25) is 15.0 Å². The van der Waals surface area contributed by atoms with Gasteiger partial charge in [0.25, 0.3) is 0 Å². The quantitative estimate of drug-likeness (QED) is 0.377. The molecule has 0 fully saturated rings. The van der Waals surface area contributed by atoms with Crippen LogP contribution in [0.5, 0.6) is 0 Å². The van der Waals surface area contributed by atoms with Crippen LogP contribution in [0.2, 0.25) is 0 Å². The van der Waals surface area contributed by atoms with Gasteiger partial charge < -0.3 is 0 Å². The zero-order chi connectivity index (χ0) is 6.85. The first-order valence-electron chi connectivity index (χ1n) is 2.11. The van der Waals surface area contributed by atoms with Crippen molar-refractivity contribution in [2.75, 3.05) is 0 Å². The Morgan fingerprint density at radius 3 is 1.08 bits per heavy atom. The van der Waals surface area contributed by atoms with E-state index in [1.807, 2.05) is 0 Å². The smallest absolute Gasteiger partial charge is 0 e. The van der Waals surface area contributed by atoms with Gasteiger partial charge in [-0.05, 0) is 0 Å². The van der Waals surface area contributed by atoms with Crippen molar-refractivity contribution in [2.24, 2.45) is 0 Å². The van der Waals surface area contributed by atoms with Gasteiger partial charge in [-0.25, -0.2) is 14.4 Å². The second-order valence-corrected chi connectivity index (χ2v) is 1.36. The Morgan fingerprint density at radius 1 is 0.750 bits per heavy atom. The van der Waals surface area contributed by atoms with Crippen molar-refractivity contribution in [2.45, 2.75) is 0 Å². The Hall–Kier alpha value is 1.03. The van der Waals surface area contributed by atoms with Crippen LogP contribution in [0.4, 0.5) is 0 Å². The molecule has 0 unspecified atom stereocenters. The molecule has 6 nitrogen and oxygen atoms in total. The monoisotopic (exact) mass is 432 g/mol. The standard InChI is InChI=1S/C3H3N3O3.Au.Ca.Zn.2H/c7-1-4-2(8)6-3(9)5-1;;;;;/h(H3,4,5,6,7,8,9);;;;;. The van der Waals surface area contributed by atoms with E-state index >= 15 is 0 Å². The minimum Gasteiger partial charge on any atom is 0 e. The van der Waals surface area contributed by atoms with E-state index in [0.717, 1.165) is 0 Å². The summed E-state index contributed by atoms with van der Waals surface area (Å²) in [4.78, 5) is 35.9. The number of H-pyrrole nitrogens is 3. The Labute approximate surface area is 124 Å². The molecule has 1 aromatic heterocycles. The zero-order valence-electron chi connectivity index (χ0n) is 5.23. The Kier molecular flexibility index (Phi) is 13.5. The van der Waals surface area contributed by atoms with Gasteiger partial charge in [0, 0.05) is 41.9 Å². The van der Waals surface area contributed by atoms with Crippen molar-refractivity contribution in [3.05, 3.63) is 31.5 Å².